The highest BCUT2D eigenvalue weighted by atomic mass is 16.6. The lowest BCUT2D eigenvalue weighted by Crippen LogP contribution is -2.45. The third kappa shape index (κ3) is 2.60. The van der Waals surface area contributed by atoms with Gasteiger partial charge in [-0.1, -0.05) is 10.3 Å². The van der Waals surface area contributed by atoms with Crippen LogP contribution in [0.15, 0.2) is 15.7 Å². The number of hydrogen-bond donors (Lipinski definition) is 1. The normalized spacial score (nSPS) is 28.2. The summed E-state index contributed by atoms with van der Waals surface area (Å²) in [6, 6.07) is 2.00. The fourth-order valence-corrected chi connectivity index (χ4v) is 3.64. The summed E-state index contributed by atoms with van der Waals surface area (Å²) in [4.78, 5) is 32.1. The van der Waals surface area contributed by atoms with Crippen molar-refractivity contribution < 1.29 is 18.9 Å². The van der Waals surface area contributed by atoms with E-state index in [0.29, 0.717) is 30.4 Å². The molecule has 4 aliphatic rings. The molecule has 0 radical (unpaired) electrons. The van der Waals surface area contributed by atoms with Gasteiger partial charge in [0.05, 0.1) is 12.5 Å². The third-order valence-corrected chi connectivity index (χ3v) is 5.59. The van der Waals surface area contributed by atoms with E-state index < -0.39 is 0 Å². The van der Waals surface area contributed by atoms with Crippen LogP contribution in [0.4, 0.5) is 0 Å². The molecule has 25 heavy (non-hydrogen) atoms. The molecule has 1 aromatic heterocycles. The van der Waals surface area contributed by atoms with E-state index in [1.807, 2.05) is 0 Å². The highest BCUT2D eigenvalue weighted by Gasteiger charge is 2.47. The Morgan fingerprint density at radius 3 is 2.76 bits per heavy atom. The molecule has 0 aromatic carbocycles. The molecular formula is C17H20N4O4. The van der Waals surface area contributed by atoms with Crippen LogP contribution in [-0.4, -0.2) is 52.8 Å². The topological polar surface area (TPSA) is 97.0 Å². The minimum Gasteiger partial charge on any atom is -0.389 e. The van der Waals surface area contributed by atoms with Crippen LogP contribution in [0.5, 0.6) is 0 Å². The number of likely N-dealkylation sites (tertiary alicyclic amines) is 1. The zero-order valence-electron chi connectivity index (χ0n) is 13.8. The van der Waals surface area contributed by atoms with Crippen molar-refractivity contribution in [3.8, 4) is 0 Å². The summed E-state index contributed by atoms with van der Waals surface area (Å²) in [6.45, 7) is 0.838. The quantitative estimate of drug-likeness (QED) is 0.880. The highest BCUT2D eigenvalue weighted by molar-refractivity contribution is 6.40. The lowest BCUT2D eigenvalue weighted by molar-refractivity contribution is -0.116. The van der Waals surface area contributed by atoms with Crippen molar-refractivity contribution in [2.24, 2.45) is 11.1 Å². The number of fused-ring (bicyclic) bond motifs is 1. The maximum absolute atomic E-state index is 12.7. The second kappa shape index (κ2) is 5.57. The molecule has 2 saturated carbocycles. The number of nitrogens with one attached hydrogen (secondary N) is 1. The van der Waals surface area contributed by atoms with Gasteiger partial charge in [0.15, 0.2) is 17.5 Å². The summed E-state index contributed by atoms with van der Waals surface area (Å²) in [5, 5.41) is 10.9. The van der Waals surface area contributed by atoms with Gasteiger partial charge in [0.1, 0.15) is 5.76 Å². The first-order valence-corrected chi connectivity index (χ1v) is 8.99. The van der Waals surface area contributed by atoms with Gasteiger partial charge in [-0.3, -0.25) is 9.59 Å². The molecule has 132 valence electrons. The average molecular weight is 344 g/mol. The minimum atomic E-state index is -0.249. The van der Waals surface area contributed by atoms with Crippen molar-refractivity contribution in [1.82, 2.24) is 15.4 Å². The Balaban J connectivity index is 1.24. The van der Waals surface area contributed by atoms with E-state index in [1.54, 1.807) is 11.0 Å². The fraction of sp³-hybridized carbons (Fsp3) is 0.647. The molecular weight excluding hydrogens is 324 g/mol. The Bertz CT molecular complexity index is 750. The molecule has 2 amide bonds. The Hall–Kier alpha value is -2.38. The second-order valence-electron chi connectivity index (χ2n) is 7.43. The van der Waals surface area contributed by atoms with Crippen LogP contribution in [-0.2, 0) is 9.63 Å². The van der Waals surface area contributed by atoms with Crippen molar-refractivity contribution in [3.63, 3.8) is 0 Å². The zero-order valence-corrected chi connectivity index (χ0v) is 13.8. The molecule has 1 N–H and O–H groups in total. The van der Waals surface area contributed by atoms with E-state index >= 15 is 0 Å². The van der Waals surface area contributed by atoms with Gasteiger partial charge in [-0.15, -0.1) is 0 Å². The summed E-state index contributed by atoms with van der Waals surface area (Å²) in [7, 11) is 0. The molecule has 0 spiro atoms. The van der Waals surface area contributed by atoms with Crippen LogP contribution < -0.4 is 5.32 Å². The number of nitrogens with zero attached hydrogens (tertiary/aromatic N) is 3. The summed E-state index contributed by atoms with van der Waals surface area (Å²) in [5.41, 5.74) is 0.741. The average Bonchev–Trinajstić information content (AvgIpc) is 2.99. The zero-order chi connectivity index (χ0) is 17.0. The van der Waals surface area contributed by atoms with Gasteiger partial charge in [0.2, 0.25) is 0 Å². The summed E-state index contributed by atoms with van der Waals surface area (Å²) < 4.78 is 5.27. The number of aromatic nitrogens is 1. The number of carbonyl (C=O) groups is 2. The van der Waals surface area contributed by atoms with Crippen molar-refractivity contribution in [1.29, 1.82) is 0 Å². The van der Waals surface area contributed by atoms with Gasteiger partial charge in [-0.05, 0) is 32.1 Å². The number of oxime groups is 1. The Morgan fingerprint density at radius 1 is 1.20 bits per heavy atom. The van der Waals surface area contributed by atoms with Crippen molar-refractivity contribution in [2.75, 3.05) is 13.1 Å². The first-order chi connectivity index (χ1) is 12.2. The first-order valence-electron chi connectivity index (χ1n) is 8.99. The summed E-state index contributed by atoms with van der Waals surface area (Å²) in [5.74, 6) is 0.709. The minimum absolute atomic E-state index is 0.163. The number of hydrogen-bond acceptors (Lipinski definition) is 6. The van der Waals surface area contributed by atoms with E-state index in [4.69, 9.17) is 9.36 Å². The first kappa shape index (κ1) is 14.9. The van der Waals surface area contributed by atoms with Crippen LogP contribution in [0.2, 0.25) is 0 Å². The maximum atomic E-state index is 12.7. The van der Waals surface area contributed by atoms with Gasteiger partial charge in [-0.25, -0.2) is 0 Å². The Morgan fingerprint density at radius 2 is 2.04 bits per heavy atom. The molecule has 8 nitrogen and oxygen atoms in total. The fourth-order valence-electron chi connectivity index (χ4n) is 3.64. The van der Waals surface area contributed by atoms with E-state index in [9.17, 15) is 9.59 Å². The summed E-state index contributed by atoms with van der Waals surface area (Å²) >= 11 is 0. The summed E-state index contributed by atoms with van der Waals surface area (Å²) in [6.07, 6.45) is 5.15. The molecule has 8 heteroatoms. The van der Waals surface area contributed by atoms with E-state index in [0.717, 1.165) is 37.9 Å². The number of amides is 2. The molecule has 3 fully saturated rings. The molecule has 1 aromatic rings. The van der Waals surface area contributed by atoms with E-state index in [-0.39, 0.29) is 29.9 Å². The molecule has 0 unspecified atom stereocenters. The molecule has 0 bridgehead atoms. The van der Waals surface area contributed by atoms with E-state index in [1.165, 1.54) is 0 Å². The molecule has 2 atom stereocenters. The van der Waals surface area contributed by atoms with Crippen molar-refractivity contribution in [2.45, 2.75) is 50.2 Å². The van der Waals surface area contributed by atoms with Crippen molar-refractivity contribution in [3.05, 3.63) is 17.5 Å². The van der Waals surface area contributed by atoms with Crippen LogP contribution in [0.25, 0.3) is 0 Å². The van der Waals surface area contributed by atoms with Crippen molar-refractivity contribution >= 4 is 17.5 Å². The van der Waals surface area contributed by atoms with Gasteiger partial charge in [-0.2, -0.15) is 0 Å². The molecule has 3 heterocycles. The van der Waals surface area contributed by atoms with Gasteiger partial charge in [0.25, 0.3) is 11.8 Å². The molecule has 2 aliphatic carbocycles. The predicted molar refractivity (Wildman–Crippen MR) is 86.0 cm³/mol. The molecule has 5 rings (SSSR count). The van der Waals surface area contributed by atoms with Crippen LogP contribution in [0.3, 0.4) is 0 Å². The number of rotatable bonds is 4. The monoisotopic (exact) mass is 344 g/mol. The SMILES string of the molecule is O=C(NC1CCC1)C1=NO[C@@H]2CN(C(=O)c3cc(C4CC4)on3)C[C@H]12. The largest absolute Gasteiger partial charge is 0.389 e. The van der Waals surface area contributed by atoms with Crippen LogP contribution in [0.1, 0.15) is 54.3 Å². The Labute approximate surface area is 144 Å². The Kier molecular flexibility index (Phi) is 3.33. The smallest absolute Gasteiger partial charge is 0.276 e. The second-order valence-corrected chi connectivity index (χ2v) is 7.43. The third-order valence-electron chi connectivity index (χ3n) is 5.59. The number of carbonyl (C=O) groups excluding carboxylic acids is 2. The lowest BCUT2D eigenvalue weighted by Gasteiger charge is -2.26. The predicted octanol–water partition coefficient (Wildman–Crippen LogP) is 1.05. The standard InChI is InChI=1S/C17H20N4O4/c22-16(18-10-2-1-3-10)15-11-7-21(8-14(11)25-20-15)17(23)12-6-13(24-19-12)9-4-5-9/h6,9-11,14H,1-5,7-8H2,(H,18,22)/t11-,14+/m0/s1. The van der Waals surface area contributed by atoms with Gasteiger partial charge >= 0.3 is 0 Å². The lowest BCUT2D eigenvalue weighted by atomic mass is 9.92. The molecule has 2 aliphatic heterocycles. The van der Waals surface area contributed by atoms with Gasteiger partial charge < -0.3 is 19.6 Å². The maximum Gasteiger partial charge on any atom is 0.276 e. The van der Waals surface area contributed by atoms with Gasteiger partial charge in [0, 0.05) is 24.6 Å². The van der Waals surface area contributed by atoms with Crippen LogP contribution in [0, 0.1) is 5.92 Å². The highest BCUT2D eigenvalue weighted by Crippen LogP contribution is 2.40. The molecule has 1 saturated heterocycles. The van der Waals surface area contributed by atoms with Crippen LogP contribution >= 0.6 is 0 Å². The van der Waals surface area contributed by atoms with E-state index in [2.05, 4.69) is 15.6 Å².